The lowest BCUT2D eigenvalue weighted by Crippen LogP contribution is -2.49. The fourth-order valence-electron chi connectivity index (χ4n) is 5.32. The standard InChI is InChI=1S/C27H40N6O2/c1-17-13-18(2)33(30-17)15-23(34)29-22-14-19(11-12-27(22,6)7)20-9-10-21-24(28-20)31(8)25(35)32(21)16-26(3,4)5/h9-10,13,19,22H,11-12,14-16H2,1-8H3,(H,29,34). The number of nitrogens with zero attached hydrogens (tertiary/aromatic N) is 5. The Kier molecular flexibility index (Phi) is 6.45. The molecular formula is C27H40N6O2. The van der Waals surface area contributed by atoms with Gasteiger partial charge in [-0.2, -0.15) is 5.10 Å². The van der Waals surface area contributed by atoms with Crippen molar-refractivity contribution < 1.29 is 4.79 Å². The first-order valence-corrected chi connectivity index (χ1v) is 12.6. The topological polar surface area (TPSA) is 86.7 Å². The normalized spacial score (nSPS) is 20.3. The summed E-state index contributed by atoms with van der Waals surface area (Å²) in [4.78, 5) is 30.8. The number of carbonyl (C=O) groups excluding carboxylic acids is 1. The Morgan fingerprint density at radius 1 is 1.23 bits per heavy atom. The van der Waals surface area contributed by atoms with E-state index in [0.717, 1.165) is 47.5 Å². The third-order valence-corrected chi connectivity index (χ3v) is 7.39. The maximum atomic E-state index is 12.9. The molecule has 1 aliphatic rings. The third-order valence-electron chi connectivity index (χ3n) is 7.39. The smallest absolute Gasteiger partial charge is 0.330 e. The Balaban J connectivity index is 1.55. The number of hydrogen-bond donors (Lipinski definition) is 1. The molecule has 1 aliphatic carbocycles. The molecule has 8 heteroatoms. The third kappa shape index (κ3) is 5.21. The van der Waals surface area contributed by atoms with Gasteiger partial charge in [0.2, 0.25) is 5.91 Å². The van der Waals surface area contributed by atoms with E-state index in [9.17, 15) is 9.59 Å². The summed E-state index contributed by atoms with van der Waals surface area (Å²) in [7, 11) is 1.80. The van der Waals surface area contributed by atoms with E-state index >= 15 is 0 Å². The van der Waals surface area contributed by atoms with Crippen molar-refractivity contribution in [3.05, 3.63) is 45.8 Å². The molecule has 3 heterocycles. The highest BCUT2D eigenvalue weighted by atomic mass is 16.2. The van der Waals surface area contributed by atoms with E-state index in [1.54, 1.807) is 16.3 Å². The van der Waals surface area contributed by atoms with Crippen molar-refractivity contribution in [2.24, 2.45) is 17.9 Å². The molecule has 1 amide bonds. The number of aromatic nitrogens is 5. The Morgan fingerprint density at radius 3 is 2.57 bits per heavy atom. The summed E-state index contributed by atoms with van der Waals surface area (Å²) < 4.78 is 5.25. The van der Waals surface area contributed by atoms with E-state index in [4.69, 9.17) is 4.98 Å². The predicted octanol–water partition coefficient (Wildman–Crippen LogP) is 4.07. The van der Waals surface area contributed by atoms with Crippen molar-refractivity contribution in [1.82, 2.24) is 29.2 Å². The number of imidazole rings is 1. The number of amides is 1. The van der Waals surface area contributed by atoms with Crippen LogP contribution < -0.4 is 11.0 Å². The summed E-state index contributed by atoms with van der Waals surface area (Å²) in [6.07, 6.45) is 2.82. The molecule has 1 N–H and O–H groups in total. The molecule has 190 valence electrons. The van der Waals surface area contributed by atoms with E-state index in [-0.39, 0.29) is 40.9 Å². The molecule has 2 unspecified atom stereocenters. The Morgan fingerprint density at radius 2 is 1.94 bits per heavy atom. The monoisotopic (exact) mass is 480 g/mol. The van der Waals surface area contributed by atoms with Crippen molar-refractivity contribution in [2.45, 2.75) is 92.8 Å². The van der Waals surface area contributed by atoms with Crippen molar-refractivity contribution >= 4 is 17.1 Å². The summed E-state index contributed by atoms with van der Waals surface area (Å²) in [5, 5.41) is 7.72. The number of pyridine rings is 1. The number of rotatable bonds is 5. The summed E-state index contributed by atoms with van der Waals surface area (Å²) in [6, 6.07) is 6.13. The van der Waals surface area contributed by atoms with Crippen LogP contribution in [-0.2, 0) is 24.9 Å². The van der Waals surface area contributed by atoms with Gasteiger partial charge in [-0.05, 0) is 62.1 Å². The zero-order valence-electron chi connectivity index (χ0n) is 22.5. The van der Waals surface area contributed by atoms with Gasteiger partial charge in [0.25, 0.3) is 0 Å². The second-order valence-corrected chi connectivity index (χ2v) is 12.2. The van der Waals surface area contributed by atoms with Crippen molar-refractivity contribution in [1.29, 1.82) is 0 Å². The lowest BCUT2D eigenvalue weighted by Gasteiger charge is -2.42. The highest BCUT2D eigenvalue weighted by Gasteiger charge is 2.38. The van der Waals surface area contributed by atoms with Crippen LogP contribution >= 0.6 is 0 Å². The van der Waals surface area contributed by atoms with Crippen molar-refractivity contribution in [3.8, 4) is 0 Å². The SMILES string of the molecule is Cc1cc(C)n(CC(=O)NC2CC(c3ccc4c(n3)n(C)c(=O)n4CC(C)(C)C)CCC2(C)C)n1. The highest BCUT2D eigenvalue weighted by molar-refractivity contribution is 5.76. The van der Waals surface area contributed by atoms with E-state index in [2.05, 4.69) is 51.1 Å². The Hall–Kier alpha value is -2.90. The number of aryl methyl sites for hydroxylation is 3. The van der Waals surface area contributed by atoms with E-state index in [1.807, 2.05) is 30.5 Å². The van der Waals surface area contributed by atoms with Gasteiger partial charge >= 0.3 is 5.69 Å². The molecule has 0 bridgehead atoms. The van der Waals surface area contributed by atoms with Crippen LogP contribution in [0, 0.1) is 24.7 Å². The van der Waals surface area contributed by atoms with Crippen LogP contribution in [0.4, 0.5) is 0 Å². The fraction of sp³-hybridized carbons (Fsp3) is 0.630. The minimum Gasteiger partial charge on any atom is -0.351 e. The average Bonchev–Trinajstić information content (AvgIpc) is 3.18. The summed E-state index contributed by atoms with van der Waals surface area (Å²) in [5.74, 6) is 0.215. The van der Waals surface area contributed by atoms with Gasteiger partial charge in [0.05, 0.1) is 11.2 Å². The largest absolute Gasteiger partial charge is 0.351 e. The van der Waals surface area contributed by atoms with Crippen molar-refractivity contribution in [2.75, 3.05) is 0 Å². The average molecular weight is 481 g/mol. The fourth-order valence-corrected chi connectivity index (χ4v) is 5.32. The van der Waals surface area contributed by atoms with Gasteiger partial charge in [0.15, 0.2) is 5.65 Å². The molecule has 3 aromatic heterocycles. The maximum Gasteiger partial charge on any atom is 0.330 e. The molecule has 35 heavy (non-hydrogen) atoms. The van der Waals surface area contributed by atoms with E-state index in [0.29, 0.717) is 6.54 Å². The Labute approximate surface area is 207 Å². The van der Waals surface area contributed by atoms with Crippen LogP contribution in [0.15, 0.2) is 23.0 Å². The number of carbonyl (C=O) groups is 1. The molecule has 4 rings (SSSR count). The van der Waals surface area contributed by atoms with Crippen LogP contribution in [0.1, 0.15) is 76.9 Å². The molecule has 1 fully saturated rings. The summed E-state index contributed by atoms with van der Waals surface area (Å²) in [5.41, 5.74) is 4.46. The lowest BCUT2D eigenvalue weighted by atomic mass is 9.68. The van der Waals surface area contributed by atoms with Gasteiger partial charge in [-0.1, -0.05) is 34.6 Å². The first kappa shape index (κ1) is 25.2. The molecule has 2 atom stereocenters. The summed E-state index contributed by atoms with van der Waals surface area (Å²) in [6.45, 7) is 15.6. The van der Waals surface area contributed by atoms with Gasteiger partial charge in [0.1, 0.15) is 6.54 Å². The number of fused-ring (bicyclic) bond motifs is 1. The van der Waals surface area contributed by atoms with Crippen molar-refractivity contribution in [3.63, 3.8) is 0 Å². The molecule has 0 saturated heterocycles. The molecule has 8 nitrogen and oxygen atoms in total. The van der Waals surface area contributed by atoms with Gasteiger partial charge in [-0.25, -0.2) is 9.78 Å². The van der Waals surface area contributed by atoms with E-state index < -0.39 is 0 Å². The highest BCUT2D eigenvalue weighted by Crippen LogP contribution is 2.42. The molecule has 3 aromatic rings. The van der Waals surface area contributed by atoms with Gasteiger partial charge in [-0.3, -0.25) is 18.6 Å². The quantitative estimate of drug-likeness (QED) is 0.596. The van der Waals surface area contributed by atoms with Gasteiger partial charge in [0, 0.05) is 36.9 Å². The number of nitrogens with one attached hydrogen (secondary N) is 1. The molecule has 0 spiro atoms. The van der Waals surface area contributed by atoms with Gasteiger partial charge in [-0.15, -0.1) is 0 Å². The second-order valence-electron chi connectivity index (χ2n) is 12.2. The van der Waals surface area contributed by atoms with Crippen LogP contribution in [0.25, 0.3) is 11.2 Å². The molecule has 0 radical (unpaired) electrons. The minimum absolute atomic E-state index is 0.00572. The van der Waals surface area contributed by atoms with Crippen LogP contribution in [0.5, 0.6) is 0 Å². The maximum absolute atomic E-state index is 12.9. The minimum atomic E-state index is -0.0290. The van der Waals surface area contributed by atoms with Crippen LogP contribution in [0.3, 0.4) is 0 Å². The molecule has 1 saturated carbocycles. The van der Waals surface area contributed by atoms with Crippen LogP contribution in [0.2, 0.25) is 0 Å². The predicted molar refractivity (Wildman–Crippen MR) is 138 cm³/mol. The zero-order chi connectivity index (χ0) is 25.7. The van der Waals surface area contributed by atoms with E-state index in [1.165, 1.54) is 0 Å². The summed E-state index contributed by atoms with van der Waals surface area (Å²) >= 11 is 0. The number of hydrogen-bond acceptors (Lipinski definition) is 4. The zero-order valence-corrected chi connectivity index (χ0v) is 22.5. The Bertz CT molecular complexity index is 1300. The molecular weight excluding hydrogens is 440 g/mol. The first-order chi connectivity index (χ1) is 16.2. The van der Waals surface area contributed by atoms with Gasteiger partial charge < -0.3 is 5.32 Å². The molecule has 0 aromatic carbocycles. The second kappa shape index (κ2) is 8.95. The van der Waals surface area contributed by atoms with Crippen LogP contribution in [-0.4, -0.2) is 35.8 Å². The first-order valence-electron chi connectivity index (χ1n) is 12.6. The molecule has 0 aliphatic heterocycles. The lowest BCUT2D eigenvalue weighted by molar-refractivity contribution is -0.123.